The van der Waals surface area contributed by atoms with Gasteiger partial charge in [0.1, 0.15) is 0 Å². The van der Waals surface area contributed by atoms with E-state index in [1.165, 1.54) is 29.8 Å². The Morgan fingerprint density at radius 2 is 1.79 bits per heavy atom. The number of fused-ring (bicyclic) bond motifs is 1. The summed E-state index contributed by atoms with van der Waals surface area (Å²) in [6, 6.07) is 0.796. The number of rotatable bonds is 5. The molecule has 0 radical (unpaired) electrons. The summed E-state index contributed by atoms with van der Waals surface area (Å²) in [6.07, 6.45) is 2.41. The normalized spacial score (nSPS) is 31.5. The summed E-state index contributed by atoms with van der Waals surface area (Å²) >= 11 is 0. The first-order chi connectivity index (χ1) is 20.3. The topological polar surface area (TPSA) is 56.9 Å². The van der Waals surface area contributed by atoms with Gasteiger partial charge in [-0.2, -0.15) is 26.3 Å². The number of hydrogen-bond donors (Lipinski definition) is 2. The number of halogens is 6. The predicted molar refractivity (Wildman–Crippen MR) is 148 cm³/mol. The Morgan fingerprint density at radius 3 is 2.44 bits per heavy atom. The van der Waals surface area contributed by atoms with Gasteiger partial charge in [0.15, 0.2) is 0 Å². The molecule has 0 bridgehead atoms. The van der Waals surface area contributed by atoms with Crippen molar-refractivity contribution in [1.82, 2.24) is 29.6 Å². The first-order valence-electron chi connectivity index (χ1n) is 15.6. The average molecular weight is 615 g/mol. The molecule has 2 aromatic rings. The lowest BCUT2D eigenvalue weighted by Crippen LogP contribution is -2.61. The SMILES string of the molecule is CN1CNNC1C1(C2CCCC(n3cc4c(C(F)(F)F)cc(CN5CCC[C@H](C(F)(F)F)C5)cn4c3=O)C2)CC2(CC2)C1. The van der Waals surface area contributed by atoms with Gasteiger partial charge in [0.2, 0.25) is 0 Å². The van der Waals surface area contributed by atoms with Crippen molar-refractivity contribution in [3.63, 3.8) is 0 Å². The van der Waals surface area contributed by atoms with E-state index in [0.29, 0.717) is 24.3 Å². The molecule has 7 rings (SSSR count). The number of aromatic nitrogens is 2. The van der Waals surface area contributed by atoms with Crippen LogP contribution in [0.4, 0.5) is 26.3 Å². The maximum absolute atomic E-state index is 14.3. The van der Waals surface area contributed by atoms with Gasteiger partial charge in [0, 0.05) is 36.9 Å². The number of piperidine rings is 1. The number of nitrogens with zero attached hydrogens (tertiary/aromatic N) is 4. The van der Waals surface area contributed by atoms with Gasteiger partial charge < -0.3 is 0 Å². The van der Waals surface area contributed by atoms with Crippen LogP contribution in [0.5, 0.6) is 0 Å². The van der Waals surface area contributed by atoms with Gasteiger partial charge in [0.05, 0.1) is 29.8 Å². The molecular formula is C30H40F6N6O. The van der Waals surface area contributed by atoms with E-state index in [1.54, 1.807) is 4.90 Å². The highest BCUT2D eigenvalue weighted by Gasteiger charge is 2.67. The number of likely N-dealkylation sites (tertiary alicyclic amines) is 1. The highest BCUT2D eigenvalue weighted by Crippen LogP contribution is 2.73. The molecule has 1 spiro atoms. The fourth-order valence-electron chi connectivity index (χ4n) is 9.13. The number of hydrogen-bond acceptors (Lipinski definition) is 5. The van der Waals surface area contributed by atoms with Crippen LogP contribution in [0.15, 0.2) is 23.3 Å². The van der Waals surface area contributed by atoms with Gasteiger partial charge in [0.25, 0.3) is 0 Å². The zero-order chi connectivity index (χ0) is 30.4. The molecule has 2 saturated heterocycles. The molecule has 4 atom stereocenters. The van der Waals surface area contributed by atoms with E-state index >= 15 is 0 Å². The van der Waals surface area contributed by atoms with Crippen LogP contribution in [-0.2, 0) is 12.7 Å². The van der Waals surface area contributed by atoms with Crippen molar-refractivity contribution in [2.45, 2.75) is 95.3 Å². The smallest absolute Gasteiger partial charge is 0.298 e. The Bertz CT molecular complexity index is 1420. The van der Waals surface area contributed by atoms with E-state index in [1.807, 2.05) is 0 Å². The van der Waals surface area contributed by atoms with Crippen LogP contribution in [0, 0.1) is 22.7 Å². The summed E-state index contributed by atoms with van der Waals surface area (Å²) in [5, 5.41) is 0. The number of pyridine rings is 1. The minimum Gasteiger partial charge on any atom is -0.298 e. The third-order valence-corrected chi connectivity index (χ3v) is 11.3. The molecule has 7 nitrogen and oxygen atoms in total. The van der Waals surface area contributed by atoms with E-state index in [2.05, 4.69) is 22.8 Å². The van der Waals surface area contributed by atoms with E-state index in [-0.39, 0.29) is 48.2 Å². The molecule has 5 fully saturated rings. The minimum atomic E-state index is -4.72. The van der Waals surface area contributed by atoms with Gasteiger partial charge in [-0.25, -0.2) is 15.6 Å². The zero-order valence-corrected chi connectivity index (χ0v) is 24.4. The molecule has 3 saturated carbocycles. The van der Waals surface area contributed by atoms with Crippen molar-refractivity contribution in [3.8, 4) is 0 Å². The van der Waals surface area contributed by atoms with E-state index in [9.17, 15) is 31.1 Å². The van der Waals surface area contributed by atoms with Gasteiger partial charge >= 0.3 is 18.0 Å². The van der Waals surface area contributed by atoms with Crippen molar-refractivity contribution in [1.29, 1.82) is 0 Å². The summed E-state index contributed by atoms with van der Waals surface area (Å²) in [7, 11) is 2.10. The number of alkyl halides is 6. The zero-order valence-electron chi connectivity index (χ0n) is 24.4. The summed E-state index contributed by atoms with van der Waals surface area (Å²) in [4.78, 5) is 17.6. The van der Waals surface area contributed by atoms with Crippen LogP contribution in [0.25, 0.3) is 5.52 Å². The Hall–Kier alpha value is -2.09. The van der Waals surface area contributed by atoms with Gasteiger partial charge in [-0.3, -0.25) is 18.8 Å². The van der Waals surface area contributed by atoms with Gasteiger partial charge in [-0.1, -0.05) is 6.42 Å². The molecule has 2 aromatic heterocycles. The second-order valence-electron chi connectivity index (χ2n) is 14.2. The lowest BCUT2D eigenvalue weighted by Gasteiger charge is -2.59. The maximum Gasteiger partial charge on any atom is 0.418 e. The second-order valence-corrected chi connectivity index (χ2v) is 14.2. The quantitative estimate of drug-likeness (QED) is 0.436. The molecule has 2 N–H and O–H groups in total. The minimum absolute atomic E-state index is 0.0173. The Kier molecular flexibility index (Phi) is 7.03. The predicted octanol–water partition coefficient (Wildman–Crippen LogP) is 5.51. The first-order valence-corrected chi connectivity index (χ1v) is 15.6. The van der Waals surface area contributed by atoms with Crippen LogP contribution in [-0.4, -0.2) is 57.9 Å². The molecule has 0 amide bonds. The molecule has 43 heavy (non-hydrogen) atoms. The van der Waals surface area contributed by atoms with Gasteiger partial charge in [-0.15, -0.1) is 0 Å². The summed E-state index contributed by atoms with van der Waals surface area (Å²) in [5.41, 5.74) is 5.81. The number of hydrazine groups is 1. The first kappa shape index (κ1) is 29.6. The monoisotopic (exact) mass is 614 g/mol. The fourth-order valence-corrected chi connectivity index (χ4v) is 9.13. The van der Waals surface area contributed by atoms with Crippen molar-refractivity contribution in [2.75, 3.05) is 26.8 Å². The highest BCUT2D eigenvalue weighted by molar-refractivity contribution is 5.56. The van der Waals surface area contributed by atoms with E-state index in [4.69, 9.17) is 0 Å². The Labute approximate surface area is 246 Å². The number of nitrogens with one attached hydrogen (secondary N) is 2. The van der Waals surface area contributed by atoms with Crippen LogP contribution in [0.3, 0.4) is 0 Å². The molecule has 2 aliphatic heterocycles. The maximum atomic E-state index is 14.3. The molecule has 3 unspecified atom stereocenters. The average Bonchev–Trinajstić information content (AvgIpc) is 3.50. The van der Waals surface area contributed by atoms with E-state index in [0.717, 1.165) is 55.7 Å². The molecule has 13 heteroatoms. The highest BCUT2D eigenvalue weighted by atomic mass is 19.4. The lowest BCUT2D eigenvalue weighted by atomic mass is 9.49. The van der Waals surface area contributed by atoms with Gasteiger partial charge in [-0.05, 0) is 94.3 Å². The fraction of sp³-hybridized carbons (Fsp3) is 0.767. The van der Waals surface area contributed by atoms with Crippen LogP contribution < -0.4 is 16.5 Å². The summed E-state index contributed by atoms with van der Waals surface area (Å²) < 4.78 is 85.6. The third-order valence-electron chi connectivity index (χ3n) is 11.3. The van der Waals surface area contributed by atoms with Crippen molar-refractivity contribution >= 4 is 5.52 Å². The molecule has 4 heterocycles. The molecular weight excluding hydrogens is 574 g/mol. The molecule has 238 valence electrons. The van der Waals surface area contributed by atoms with Crippen molar-refractivity contribution in [2.24, 2.45) is 22.7 Å². The summed E-state index contributed by atoms with van der Waals surface area (Å²) in [6.45, 7) is 0.784. The van der Waals surface area contributed by atoms with Crippen LogP contribution in [0.1, 0.15) is 81.4 Å². The van der Waals surface area contributed by atoms with Crippen molar-refractivity contribution in [3.05, 3.63) is 40.1 Å². The second kappa shape index (κ2) is 10.2. The van der Waals surface area contributed by atoms with Crippen LogP contribution >= 0.6 is 0 Å². The molecule has 5 aliphatic rings. The summed E-state index contributed by atoms with van der Waals surface area (Å²) in [5.74, 6) is -1.16. The molecule has 0 aromatic carbocycles. The molecule has 3 aliphatic carbocycles. The van der Waals surface area contributed by atoms with Crippen LogP contribution in [0.2, 0.25) is 0 Å². The van der Waals surface area contributed by atoms with E-state index < -0.39 is 29.5 Å². The Balaban J connectivity index is 1.18. The largest absolute Gasteiger partial charge is 0.418 e. The van der Waals surface area contributed by atoms with Crippen molar-refractivity contribution < 1.29 is 26.3 Å². The Morgan fingerprint density at radius 1 is 1.02 bits per heavy atom. The lowest BCUT2D eigenvalue weighted by molar-refractivity contribution is -0.187. The third kappa shape index (κ3) is 5.21. The number of imidazole rings is 1. The standard InChI is InChI=1S/C30H40F6N6O/c1-39-18-37-38-25(39)28(16-27(17-28)7-8-27)20-4-2-6-22(11-20)41-15-24-23(30(34,35)36)10-19(13-42(24)26(41)43)12-40-9-3-5-21(14-40)29(31,32)33/h10,13,15,20-22,25,37-38H,2-9,11-12,14,16-18H2,1H3/t20?,21-,22?,25?/m0/s1.